The second kappa shape index (κ2) is 8.06. The van der Waals surface area contributed by atoms with Crippen LogP contribution in [0.15, 0.2) is 70.6 Å². The van der Waals surface area contributed by atoms with Gasteiger partial charge in [-0.3, -0.25) is 39.7 Å². The summed E-state index contributed by atoms with van der Waals surface area (Å²) in [6.45, 7) is -0.517. The van der Waals surface area contributed by atoms with Gasteiger partial charge in [-0.25, -0.2) is 14.1 Å². The van der Waals surface area contributed by atoms with Crippen molar-refractivity contribution >= 4 is 22.6 Å². The number of aromatic amines is 1. The number of imidazole rings is 1. The molecule has 0 aliphatic heterocycles. The Labute approximate surface area is 172 Å². The molecule has 0 saturated carbocycles. The highest BCUT2D eigenvalue weighted by molar-refractivity contribution is 5.94. The summed E-state index contributed by atoms with van der Waals surface area (Å²) in [7, 11) is 0. The Morgan fingerprint density at radius 1 is 1.00 bits per heavy atom. The highest BCUT2D eigenvalue weighted by Gasteiger charge is 2.15. The molecule has 0 unspecified atom stereocenters. The van der Waals surface area contributed by atoms with E-state index in [4.69, 9.17) is 0 Å². The first-order valence-electron chi connectivity index (χ1n) is 9.03. The maximum absolute atomic E-state index is 13.1. The Kier molecular flexibility index (Phi) is 5.14. The van der Waals surface area contributed by atoms with Crippen LogP contribution < -0.4 is 22.0 Å². The van der Waals surface area contributed by atoms with Crippen LogP contribution in [0.5, 0.6) is 0 Å². The molecule has 0 fully saturated rings. The summed E-state index contributed by atoms with van der Waals surface area (Å²) >= 11 is 0. The molecular formula is C20H15FN6O4. The Balaban J connectivity index is 1.46. The fourth-order valence-corrected chi connectivity index (χ4v) is 3.00. The number of H-pyrrole nitrogens is 1. The molecule has 0 spiro atoms. The van der Waals surface area contributed by atoms with Gasteiger partial charge in [0, 0.05) is 5.69 Å². The summed E-state index contributed by atoms with van der Waals surface area (Å²) in [5.41, 5.74) is 3.91. The molecule has 2 aromatic heterocycles. The second-order valence-electron chi connectivity index (χ2n) is 6.51. The molecule has 3 N–H and O–H groups in total. The first-order valence-corrected chi connectivity index (χ1v) is 9.03. The van der Waals surface area contributed by atoms with Gasteiger partial charge in [0.15, 0.2) is 0 Å². The Morgan fingerprint density at radius 3 is 2.45 bits per heavy atom. The van der Waals surface area contributed by atoms with E-state index in [2.05, 4.69) is 20.9 Å². The Hall–Kier alpha value is -4.54. The van der Waals surface area contributed by atoms with E-state index in [1.807, 2.05) is 0 Å². The molecule has 10 nitrogen and oxygen atoms in total. The maximum Gasteiger partial charge on any atom is 0.288 e. The van der Waals surface area contributed by atoms with Crippen LogP contribution in [-0.2, 0) is 11.3 Å². The van der Waals surface area contributed by atoms with Crippen LogP contribution in [0.2, 0.25) is 0 Å². The molecule has 0 atom stereocenters. The quantitative estimate of drug-likeness (QED) is 0.412. The molecule has 2 heterocycles. The van der Waals surface area contributed by atoms with Crippen LogP contribution in [-0.4, -0.2) is 31.1 Å². The molecule has 2 amide bonds. The molecule has 2 aromatic carbocycles. The van der Waals surface area contributed by atoms with E-state index < -0.39 is 35.3 Å². The van der Waals surface area contributed by atoms with Gasteiger partial charge in [0.05, 0.1) is 23.3 Å². The SMILES string of the molecule is O=C(Cn1[nH]c(=O)c2ccccc2c1=O)NNC(=O)c1cncn1-c1ccc(F)cc1. The largest absolute Gasteiger partial charge is 0.295 e. The zero-order valence-electron chi connectivity index (χ0n) is 15.8. The number of fused-ring (bicyclic) bond motifs is 1. The first-order chi connectivity index (χ1) is 14.9. The van der Waals surface area contributed by atoms with E-state index in [0.29, 0.717) is 5.69 Å². The van der Waals surface area contributed by atoms with E-state index in [-0.39, 0.29) is 16.5 Å². The highest BCUT2D eigenvalue weighted by Crippen LogP contribution is 2.12. The van der Waals surface area contributed by atoms with Crippen molar-refractivity contribution in [1.29, 1.82) is 0 Å². The molecule has 11 heteroatoms. The summed E-state index contributed by atoms with van der Waals surface area (Å²) in [5, 5.41) is 2.72. The van der Waals surface area contributed by atoms with E-state index >= 15 is 0 Å². The zero-order chi connectivity index (χ0) is 22.0. The third-order valence-corrected chi connectivity index (χ3v) is 4.48. The van der Waals surface area contributed by atoms with Gasteiger partial charge >= 0.3 is 0 Å². The molecular weight excluding hydrogens is 407 g/mol. The van der Waals surface area contributed by atoms with Crippen LogP contribution in [0.1, 0.15) is 10.5 Å². The zero-order valence-corrected chi connectivity index (χ0v) is 15.8. The predicted octanol–water partition coefficient (Wildman–Crippen LogP) is 0.476. The fourth-order valence-electron chi connectivity index (χ4n) is 3.00. The van der Waals surface area contributed by atoms with Gasteiger partial charge in [-0.2, -0.15) is 0 Å². The lowest BCUT2D eigenvalue weighted by Gasteiger charge is -2.11. The van der Waals surface area contributed by atoms with Crippen molar-refractivity contribution in [2.24, 2.45) is 0 Å². The van der Waals surface area contributed by atoms with Gasteiger partial charge in [-0.1, -0.05) is 12.1 Å². The number of amides is 2. The van der Waals surface area contributed by atoms with Crippen LogP contribution in [0.4, 0.5) is 4.39 Å². The topological polar surface area (TPSA) is 131 Å². The standard InChI is InChI=1S/C20H15FN6O4/c21-12-5-7-13(8-6-12)26-11-22-9-16(26)19(30)24-23-17(28)10-27-20(31)15-4-2-1-3-14(15)18(29)25-27/h1-9,11H,10H2,(H,23,28)(H,24,30)(H,25,29). The first kappa shape index (κ1) is 19.8. The van der Waals surface area contributed by atoms with E-state index in [1.165, 1.54) is 53.5 Å². The number of halogens is 1. The lowest BCUT2D eigenvalue weighted by Crippen LogP contribution is -2.45. The van der Waals surface area contributed by atoms with Gasteiger partial charge < -0.3 is 0 Å². The molecule has 4 rings (SSSR count). The number of aromatic nitrogens is 4. The van der Waals surface area contributed by atoms with Crippen molar-refractivity contribution in [2.75, 3.05) is 0 Å². The average Bonchev–Trinajstić information content (AvgIpc) is 3.26. The smallest absolute Gasteiger partial charge is 0.288 e. The van der Waals surface area contributed by atoms with Gasteiger partial charge in [-0.15, -0.1) is 0 Å². The number of carbonyl (C=O) groups is 2. The van der Waals surface area contributed by atoms with Crippen molar-refractivity contribution < 1.29 is 14.0 Å². The summed E-state index contributed by atoms with van der Waals surface area (Å²) < 4.78 is 15.4. The third kappa shape index (κ3) is 3.96. The number of nitrogens with one attached hydrogen (secondary N) is 3. The van der Waals surface area contributed by atoms with E-state index in [0.717, 1.165) is 4.68 Å². The summed E-state index contributed by atoms with van der Waals surface area (Å²) in [5.74, 6) is -1.85. The van der Waals surface area contributed by atoms with Gasteiger partial charge in [0.1, 0.15) is 18.1 Å². The van der Waals surface area contributed by atoms with E-state index in [1.54, 1.807) is 12.1 Å². The molecule has 31 heavy (non-hydrogen) atoms. The van der Waals surface area contributed by atoms with Crippen LogP contribution in [0.3, 0.4) is 0 Å². The Bertz CT molecular complexity index is 1400. The van der Waals surface area contributed by atoms with Gasteiger partial charge in [0.2, 0.25) is 0 Å². The fraction of sp³-hybridized carbons (Fsp3) is 0.0500. The van der Waals surface area contributed by atoms with Crippen molar-refractivity contribution in [3.63, 3.8) is 0 Å². The lowest BCUT2D eigenvalue weighted by atomic mass is 10.2. The molecule has 0 aliphatic rings. The number of benzene rings is 2. The minimum atomic E-state index is -0.741. The van der Waals surface area contributed by atoms with Crippen molar-refractivity contribution in [1.82, 2.24) is 30.2 Å². The van der Waals surface area contributed by atoms with Gasteiger partial charge in [0.25, 0.3) is 22.9 Å². The summed E-state index contributed by atoms with van der Waals surface area (Å²) in [6.07, 6.45) is 2.64. The molecule has 156 valence electrons. The molecule has 0 bridgehead atoms. The average molecular weight is 422 g/mol. The minimum absolute atomic E-state index is 0.0863. The predicted molar refractivity (Wildman–Crippen MR) is 108 cm³/mol. The number of nitrogens with zero attached hydrogens (tertiary/aromatic N) is 3. The Morgan fingerprint density at radius 2 is 1.71 bits per heavy atom. The van der Waals surface area contributed by atoms with Crippen molar-refractivity contribution in [3.05, 3.63) is 93.3 Å². The number of carbonyl (C=O) groups excluding carboxylic acids is 2. The monoisotopic (exact) mass is 422 g/mol. The van der Waals surface area contributed by atoms with Crippen molar-refractivity contribution in [2.45, 2.75) is 6.54 Å². The number of hydrogen-bond donors (Lipinski definition) is 3. The number of hydrazine groups is 1. The van der Waals surface area contributed by atoms with Gasteiger partial charge in [-0.05, 0) is 36.4 Å². The minimum Gasteiger partial charge on any atom is -0.295 e. The molecule has 0 aliphatic carbocycles. The third-order valence-electron chi connectivity index (χ3n) is 4.48. The second-order valence-corrected chi connectivity index (χ2v) is 6.51. The lowest BCUT2D eigenvalue weighted by molar-refractivity contribution is -0.122. The summed E-state index contributed by atoms with van der Waals surface area (Å²) in [6, 6.07) is 11.6. The highest BCUT2D eigenvalue weighted by atomic mass is 19.1. The maximum atomic E-state index is 13.1. The normalized spacial score (nSPS) is 10.7. The number of rotatable bonds is 4. The van der Waals surface area contributed by atoms with Crippen molar-refractivity contribution in [3.8, 4) is 5.69 Å². The molecule has 4 aromatic rings. The molecule has 0 saturated heterocycles. The van der Waals surface area contributed by atoms with Crippen LogP contribution >= 0.6 is 0 Å². The summed E-state index contributed by atoms with van der Waals surface area (Å²) in [4.78, 5) is 53.1. The van der Waals surface area contributed by atoms with E-state index in [9.17, 15) is 23.6 Å². The van der Waals surface area contributed by atoms with Crippen LogP contribution in [0, 0.1) is 5.82 Å². The number of hydrogen-bond acceptors (Lipinski definition) is 5. The molecule has 0 radical (unpaired) electrons. The van der Waals surface area contributed by atoms with Crippen LogP contribution in [0.25, 0.3) is 16.5 Å².